The fourth-order valence-corrected chi connectivity index (χ4v) is 3.55. The Bertz CT molecular complexity index is 1170. The number of nitrogens with zero attached hydrogens (tertiary/aromatic N) is 2. The Balaban J connectivity index is 1.63. The average Bonchev–Trinajstić information content (AvgIpc) is 3.21. The van der Waals surface area contributed by atoms with Crippen LogP contribution in [0.2, 0.25) is 0 Å². The summed E-state index contributed by atoms with van der Waals surface area (Å²) in [6.07, 6.45) is 1.83. The molecule has 5 nitrogen and oxygen atoms in total. The molecule has 6 heteroatoms. The minimum absolute atomic E-state index is 0.0203. The molecule has 0 radical (unpaired) electrons. The molecule has 0 spiro atoms. The first-order valence-electron chi connectivity index (χ1n) is 10.3. The van der Waals surface area contributed by atoms with Crippen molar-refractivity contribution in [2.45, 2.75) is 32.4 Å². The van der Waals surface area contributed by atoms with Crippen molar-refractivity contribution in [2.75, 3.05) is 0 Å². The van der Waals surface area contributed by atoms with E-state index in [9.17, 15) is 9.18 Å². The fourth-order valence-electron chi connectivity index (χ4n) is 3.55. The molecule has 1 N–H and O–H groups in total. The lowest BCUT2D eigenvalue weighted by atomic mass is 10.0. The van der Waals surface area contributed by atoms with Gasteiger partial charge in [-0.1, -0.05) is 37.3 Å². The lowest BCUT2D eigenvalue weighted by molar-refractivity contribution is -0.122. The van der Waals surface area contributed by atoms with E-state index in [-0.39, 0.29) is 23.9 Å². The number of nitrogens with one attached hydrogen (secondary N) is 1. The number of hydrogen-bond acceptors (Lipinski definition) is 3. The van der Waals surface area contributed by atoms with Crippen molar-refractivity contribution < 1.29 is 13.9 Å². The summed E-state index contributed by atoms with van der Waals surface area (Å²) < 4.78 is 21.4. The van der Waals surface area contributed by atoms with Crippen molar-refractivity contribution in [1.29, 1.82) is 0 Å². The zero-order valence-electron chi connectivity index (χ0n) is 17.5. The number of carbonyl (C=O) groups excluding carboxylic acids is 1. The number of ether oxygens (including phenoxy) is 1. The molecular weight excluding hydrogens is 393 g/mol. The van der Waals surface area contributed by atoms with Crippen LogP contribution in [-0.4, -0.2) is 21.7 Å². The van der Waals surface area contributed by atoms with Crippen LogP contribution in [0.4, 0.5) is 4.39 Å². The molecule has 0 aliphatic rings. The Kier molecular flexibility index (Phi) is 5.98. The molecule has 158 valence electrons. The van der Waals surface area contributed by atoms with Crippen molar-refractivity contribution in [3.63, 3.8) is 0 Å². The normalized spacial score (nSPS) is 13.0. The summed E-state index contributed by atoms with van der Waals surface area (Å²) in [6.45, 7) is 3.77. The van der Waals surface area contributed by atoms with E-state index in [2.05, 4.69) is 10.4 Å². The Morgan fingerprint density at radius 2 is 1.84 bits per heavy atom. The number of benzene rings is 3. The minimum Gasteiger partial charge on any atom is -0.484 e. The third kappa shape index (κ3) is 4.58. The molecule has 0 aliphatic heterocycles. The lowest BCUT2D eigenvalue weighted by Gasteiger charge is -2.26. The van der Waals surface area contributed by atoms with E-state index in [1.165, 1.54) is 12.1 Å². The van der Waals surface area contributed by atoms with Crippen molar-refractivity contribution in [3.05, 3.63) is 90.4 Å². The number of aromatic nitrogens is 2. The number of hydrogen-bond donors (Lipinski definition) is 1. The molecule has 0 bridgehead atoms. The maximum absolute atomic E-state index is 13.3. The third-order valence-electron chi connectivity index (χ3n) is 5.17. The van der Waals surface area contributed by atoms with E-state index in [0.717, 1.165) is 22.2 Å². The topological polar surface area (TPSA) is 56.1 Å². The standard InChI is InChI=1S/C25H24FN3O2/c1-3-24(30)28-17(2)25(18-7-5-4-6-8-18)31-22-13-14-23-19(15-22)16-27-29(23)21-11-9-20(26)10-12-21/h4-17,25H,3H2,1-2H3,(H,28,30). The van der Waals surface area contributed by atoms with Crippen molar-refractivity contribution >= 4 is 16.8 Å². The maximum Gasteiger partial charge on any atom is 0.220 e. The van der Waals surface area contributed by atoms with Crippen molar-refractivity contribution in [2.24, 2.45) is 0 Å². The van der Waals surface area contributed by atoms with Crippen LogP contribution in [0.25, 0.3) is 16.6 Å². The third-order valence-corrected chi connectivity index (χ3v) is 5.17. The molecule has 0 fully saturated rings. The molecule has 0 aliphatic carbocycles. The van der Waals surface area contributed by atoms with Crippen LogP contribution in [0.3, 0.4) is 0 Å². The molecule has 2 unspecified atom stereocenters. The molecule has 1 aromatic heterocycles. The first-order chi connectivity index (χ1) is 15.0. The van der Waals surface area contributed by atoms with Gasteiger partial charge < -0.3 is 10.1 Å². The van der Waals surface area contributed by atoms with Gasteiger partial charge in [0.05, 0.1) is 23.4 Å². The van der Waals surface area contributed by atoms with E-state index < -0.39 is 0 Å². The molecule has 4 rings (SSSR count). The lowest BCUT2D eigenvalue weighted by Crippen LogP contribution is -2.38. The summed E-state index contributed by atoms with van der Waals surface area (Å²) in [6, 6.07) is 21.6. The molecular formula is C25H24FN3O2. The number of amides is 1. The minimum atomic E-state index is -0.346. The first-order valence-corrected chi connectivity index (χ1v) is 10.3. The quantitative estimate of drug-likeness (QED) is 0.450. The Morgan fingerprint density at radius 3 is 2.55 bits per heavy atom. The largest absolute Gasteiger partial charge is 0.484 e. The Labute approximate surface area is 180 Å². The highest BCUT2D eigenvalue weighted by Crippen LogP contribution is 2.29. The van der Waals surface area contributed by atoms with Crippen LogP contribution in [0, 0.1) is 5.82 Å². The average molecular weight is 417 g/mol. The van der Waals surface area contributed by atoms with Crippen LogP contribution in [0.15, 0.2) is 79.0 Å². The molecule has 4 aromatic rings. The van der Waals surface area contributed by atoms with Gasteiger partial charge in [0.25, 0.3) is 0 Å². The summed E-state index contributed by atoms with van der Waals surface area (Å²) in [5.41, 5.74) is 2.65. The Morgan fingerprint density at radius 1 is 1.10 bits per heavy atom. The zero-order chi connectivity index (χ0) is 21.8. The highest BCUT2D eigenvalue weighted by atomic mass is 19.1. The zero-order valence-corrected chi connectivity index (χ0v) is 17.5. The highest BCUT2D eigenvalue weighted by molar-refractivity contribution is 5.81. The summed E-state index contributed by atoms with van der Waals surface area (Å²) in [7, 11) is 0. The van der Waals surface area contributed by atoms with Crippen LogP contribution in [0.1, 0.15) is 31.9 Å². The molecule has 2 atom stereocenters. The van der Waals surface area contributed by atoms with Gasteiger partial charge in [-0.25, -0.2) is 9.07 Å². The van der Waals surface area contributed by atoms with Crippen molar-refractivity contribution in [3.8, 4) is 11.4 Å². The van der Waals surface area contributed by atoms with E-state index >= 15 is 0 Å². The van der Waals surface area contributed by atoms with E-state index in [4.69, 9.17) is 4.74 Å². The predicted octanol–water partition coefficient (Wildman–Crippen LogP) is 5.20. The van der Waals surface area contributed by atoms with Gasteiger partial charge in [0, 0.05) is 11.8 Å². The van der Waals surface area contributed by atoms with Gasteiger partial charge in [0.1, 0.15) is 17.7 Å². The second-order valence-corrected chi connectivity index (χ2v) is 7.41. The SMILES string of the molecule is CCC(=O)NC(C)C(Oc1ccc2c(cnn2-c2ccc(F)cc2)c1)c1ccccc1. The predicted molar refractivity (Wildman–Crippen MR) is 119 cm³/mol. The van der Waals surface area contributed by atoms with Gasteiger partial charge in [-0.2, -0.15) is 5.10 Å². The second kappa shape index (κ2) is 9.00. The maximum atomic E-state index is 13.3. The smallest absolute Gasteiger partial charge is 0.220 e. The molecule has 0 saturated carbocycles. The van der Waals surface area contributed by atoms with E-state index in [0.29, 0.717) is 12.2 Å². The van der Waals surface area contributed by atoms with Crippen LogP contribution in [-0.2, 0) is 4.79 Å². The molecule has 3 aromatic carbocycles. The van der Waals surface area contributed by atoms with E-state index in [1.54, 1.807) is 23.0 Å². The fraction of sp³-hybridized carbons (Fsp3) is 0.200. The summed E-state index contributed by atoms with van der Waals surface area (Å²) in [5.74, 6) is 0.373. The molecule has 1 heterocycles. The van der Waals surface area contributed by atoms with Crippen LogP contribution in [0.5, 0.6) is 5.75 Å². The van der Waals surface area contributed by atoms with Gasteiger partial charge in [-0.15, -0.1) is 0 Å². The van der Waals surface area contributed by atoms with Crippen molar-refractivity contribution in [1.82, 2.24) is 15.1 Å². The molecule has 0 saturated heterocycles. The Hall–Kier alpha value is -3.67. The van der Waals surface area contributed by atoms with Gasteiger partial charge in [-0.05, 0) is 55.0 Å². The summed E-state index contributed by atoms with van der Waals surface area (Å²) in [4.78, 5) is 11.9. The van der Waals surface area contributed by atoms with Gasteiger partial charge in [0.15, 0.2) is 0 Å². The monoisotopic (exact) mass is 417 g/mol. The first kappa shape index (κ1) is 20.6. The summed E-state index contributed by atoms with van der Waals surface area (Å²) >= 11 is 0. The highest BCUT2D eigenvalue weighted by Gasteiger charge is 2.23. The second-order valence-electron chi connectivity index (χ2n) is 7.41. The van der Waals surface area contributed by atoms with Crippen LogP contribution >= 0.6 is 0 Å². The number of carbonyl (C=O) groups is 1. The summed E-state index contributed by atoms with van der Waals surface area (Å²) in [5, 5.41) is 8.35. The van der Waals surface area contributed by atoms with E-state index in [1.807, 2.05) is 62.4 Å². The molecule has 31 heavy (non-hydrogen) atoms. The number of halogens is 1. The van der Waals surface area contributed by atoms with Gasteiger partial charge >= 0.3 is 0 Å². The van der Waals surface area contributed by atoms with Gasteiger partial charge in [0.2, 0.25) is 5.91 Å². The van der Waals surface area contributed by atoms with Gasteiger partial charge in [-0.3, -0.25) is 4.79 Å². The number of rotatable bonds is 7. The number of fused-ring (bicyclic) bond motifs is 1. The molecule has 1 amide bonds. The van der Waals surface area contributed by atoms with Crippen LogP contribution < -0.4 is 10.1 Å².